The lowest BCUT2D eigenvalue weighted by Gasteiger charge is -2.31. The Kier molecular flexibility index (Phi) is 6.81. The SMILES string of the molecule is CCCN1CCCc2cc(C=NNc3nc(CC(=O)OCC)cs3)ccc21. The number of aryl methyl sites for hydroxylation is 1. The Hall–Kier alpha value is -2.41. The Morgan fingerprint density at radius 3 is 3.15 bits per heavy atom. The van der Waals surface area contributed by atoms with Gasteiger partial charge in [-0.2, -0.15) is 5.10 Å². The van der Waals surface area contributed by atoms with Crippen LogP contribution in [-0.2, 0) is 22.4 Å². The predicted molar refractivity (Wildman–Crippen MR) is 111 cm³/mol. The van der Waals surface area contributed by atoms with Crippen LogP contribution in [0.3, 0.4) is 0 Å². The monoisotopic (exact) mass is 386 g/mol. The molecule has 0 bridgehead atoms. The highest BCUT2D eigenvalue weighted by atomic mass is 32.1. The van der Waals surface area contributed by atoms with Crippen LogP contribution in [0.2, 0.25) is 0 Å². The molecule has 0 aliphatic carbocycles. The third kappa shape index (κ3) is 5.29. The lowest BCUT2D eigenvalue weighted by Crippen LogP contribution is -2.30. The molecule has 0 spiro atoms. The molecule has 0 radical (unpaired) electrons. The van der Waals surface area contributed by atoms with Crippen molar-refractivity contribution in [2.45, 2.75) is 39.5 Å². The van der Waals surface area contributed by atoms with Gasteiger partial charge in [-0.15, -0.1) is 11.3 Å². The molecule has 1 aliphatic rings. The number of aromatic nitrogens is 1. The smallest absolute Gasteiger partial charge is 0.311 e. The van der Waals surface area contributed by atoms with Crippen molar-refractivity contribution in [3.05, 3.63) is 40.4 Å². The van der Waals surface area contributed by atoms with E-state index >= 15 is 0 Å². The lowest BCUT2D eigenvalue weighted by atomic mass is 9.99. The molecule has 2 heterocycles. The van der Waals surface area contributed by atoms with E-state index in [0.29, 0.717) is 17.4 Å². The van der Waals surface area contributed by atoms with Gasteiger partial charge < -0.3 is 9.64 Å². The van der Waals surface area contributed by atoms with Gasteiger partial charge in [0.25, 0.3) is 0 Å². The number of carbonyl (C=O) groups is 1. The fourth-order valence-corrected chi connectivity index (χ4v) is 3.90. The summed E-state index contributed by atoms with van der Waals surface area (Å²) in [5.74, 6) is -0.260. The fraction of sp³-hybridized carbons (Fsp3) is 0.450. The molecule has 2 aromatic rings. The van der Waals surface area contributed by atoms with Crippen molar-refractivity contribution < 1.29 is 9.53 Å². The highest BCUT2D eigenvalue weighted by Gasteiger charge is 2.15. The summed E-state index contributed by atoms with van der Waals surface area (Å²) in [5.41, 5.74) is 7.46. The summed E-state index contributed by atoms with van der Waals surface area (Å²) in [5, 5.41) is 6.80. The molecule has 0 saturated carbocycles. The van der Waals surface area contributed by atoms with Gasteiger partial charge in [-0.05, 0) is 49.4 Å². The van der Waals surface area contributed by atoms with Gasteiger partial charge in [-0.3, -0.25) is 10.2 Å². The second kappa shape index (κ2) is 9.50. The largest absolute Gasteiger partial charge is 0.466 e. The standard InChI is InChI=1S/C20H26N4O2S/c1-3-9-24-10-5-6-16-11-15(7-8-18(16)24)13-21-23-20-22-17(14-27-20)12-19(25)26-4-2/h7-8,11,13-14H,3-6,9-10,12H2,1-2H3,(H,22,23). The summed E-state index contributed by atoms with van der Waals surface area (Å²) in [7, 11) is 0. The van der Waals surface area contributed by atoms with E-state index in [2.05, 4.69) is 45.5 Å². The maximum atomic E-state index is 11.5. The van der Waals surface area contributed by atoms with Crippen LogP contribution in [0, 0.1) is 0 Å². The first-order valence-electron chi connectivity index (χ1n) is 9.46. The van der Waals surface area contributed by atoms with Crippen molar-refractivity contribution in [1.29, 1.82) is 0 Å². The number of anilines is 2. The first-order chi connectivity index (χ1) is 13.2. The Labute approximate surface area is 164 Å². The molecule has 1 aromatic carbocycles. The van der Waals surface area contributed by atoms with Crippen molar-refractivity contribution in [3.8, 4) is 0 Å². The van der Waals surface area contributed by atoms with Gasteiger partial charge in [0.15, 0.2) is 0 Å². The molecule has 144 valence electrons. The zero-order valence-corrected chi connectivity index (χ0v) is 16.7. The van der Waals surface area contributed by atoms with Crippen LogP contribution in [0.15, 0.2) is 28.7 Å². The first kappa shape index (κ1) is 19.4. The van der Waals surface area contributed by atoms with E-state index in [1.165, 1.54) is 35.4 Å². The number of hydrazone groups is 1. The minimum Gasteiger partial charge on any atom is -0.466 e. The zero-order valence-electron chi connectivity index (χ0n) is 15.9. The number of fused-ring (bicyclic) bond motifs is 1. The topological polar surface area (TPSA) is 66.8 Å². The van der Waals surface area contributed by atoms with Crippen LogP contribution in [0.4, 0.5) is 10.8 Å². The number of rotatable bonds is 8. The molecule has 0 unspecified atom stereocenters. The Balaban J connectivity index is 1.59. The van der Waals surface area contributed by atoms with E-state index in [4.69, 9.17) is 4.74 Å². The minimum absolute atomic E-state index is 0.189. The molecule has 3 rings (SSSR count). The van der Waals surface area contributed by atoms with Crippen molar-refractivity contribution in [2.75, 3.05) is 30.0 Å². The Bertz CT molecular complexity index is 803. The number of nitrogens with zero attached hydrogens (tertiary/aromatic N) is 3. The molecule has 6 nitrogen and oxygen atoms in total. The van der Waals surface area contributed by atoms with Crippen LogP contribution >= 0.6 is 11.3 Å². The number of benzene rings is 1. The number of hydrogen-bond donors (Lipinski definition) is 1. The van der Waals surface area contributed by atoms with E-state index in [9.17, 15) is 4.79 Å². The van der Waals surface area contributed by atoms with E-state index < -0.39 is 0 Å². The Morgan fingerprint density at radius 2 is 2.33 bits per heavy atom. The second-order valence-electron chi connectivity index (χ2n) is 6.47. The predicted octanol–water partition coefficient (Wildman–Crippen LogP) is 3.86. The van der Waals surface area contributed by atoms with Gasteiger partial charge in [0.2, 0.25) is 5.13 Å². The van der Waals surface area contributed by atoms with Gasteiger partial charge in [-0.1, -0.05) is 13.0 Å². The molecule has 0 fully saturated rings. The highest BCUT2D eigenvalue weighted by molar-refractivity contribution is 7.13. The molecule has 1 aliphatic heterocycles. The van der Waals surface area contributed by atoms with Crippen molar-refractivity contribution in [2.24, 2.45) is 5.10 Å². The number of thiazole rings is 1. The number of hydrogen-bond acceptors (Lipinski definition) is 7. The molecule has 1 N–H and O–H groups in total. The molecule has 27 heavy (non-hydrogen) atoms. The zero-order chi connectivity index (χ0) is 19.1. The van der Waals surface area contributed by atoms with Gasteiger partial charge in [0.1, 0.15) is 0 Å². The third-order valence-electron chi connectivity index (χ3n) is 4.37. The van der Waals surface area contributed by atoms with E-state index in [-0.39, 0.29) is 12.4 Å². The van der Waals surface area contributed by atoms with Crippen molar-refractivity contribution >= 4 is 34.3 Å². The number of nitrogens with one attached hydrogen (secondary N) is 1. The average molecular weight is 387 g/mol. The van der Waals surface area contributed by atoms with E-state index in [0.717, 1.165) is 25.1 Å². The van der Waals surface area contributed by atoms with E-state index in [1.807, 2.05) is 11.6 Å². The molecule has 7 heteroatoms. The second-order valence-corrected chi connectivity index (χ2v) is 7.33. The van der Waals surface area contributed by atoms with Crippen molar-refractivity contribution in [1.82, 2.24) is 4.98 Å². The summed E-state index contributed by atoms with van der Waals surface area (Å²) >= 11 is 1.42. The van der Waals surface area contributed by atoms with Crippen LogP contribution in [-0.4, -0.2) is 36.9 Å². The number of esters is 1. The van der Waals surface area contributed by atoms with Crippen LogP contribution in [0.25, 0.3) is 0 Å². The Morgan fingerprint density at radius 1 is 1.44 bits per heavy atom. The normalized spacial score (nSPS) is 13.6. The molecule has 0 amide bonds. The molecular formula is C20H26N4O2S. The lowest BCUT2D eigenvalue weighted by molar-refractivity contribution is -0.142. The molecule has 1 aromatic heterocycles. The van der Waals surface area contributed by atoms with Crippen LogP contribution in [0.5, 0.6) is 0 Å². The van der Waals surface area contributed by atoms with Gasteiger partial charge in [0.05, 0.1) is 24.9 Å². The summed E-state index contributed by atoms with van der Waals surface area (Å²) in [4.78, 5) is 18.3. The molecular weight excluding hydrogens is 360 g/mol. The molecule has 0 saturated heterocycles. The van der Waals surface area contributed by atoms with Crippen LogP contribution in [0.1, 0.15) is 43.5 Å². The maximum absolute atomic E-state index is 11.5. The summed E-state index contributed by atoms with van der Waals surface area (Å²) < 4.78 is 4.93. The summed E-state index contributed by atoms with van der Waals surface area (Å²) in [6.07, 6.45) is 5.49. The third-order valence-corrected chi connectivity index (χ3v) is 5.16. The number of ether oxygens (including phenoxy) is 1. The van der Waals surface area contributed by atoms with Gasteiger partial charge >= 0.3 is 5.97 Å². The van der Waals surface area contributed by atoms with Gasteiger partial charge in [0, 0.05) is 24.2 Å². The summed E-state index contributed by atoms with van der Waals surface area (Å²) in [6.45, 7) is 6.66. The highest BCUT2D eigenvalue weighted by Crippen LogP contribution is 2.27. The number of carbonyl (C=O) groups excluding carboxylic acids is 1. The first-order valence-corrected chi connectivity index (χ1v) is 10.3. The minimum atomic E-state index is -0.260. The van der Waals surface area contributed by atoms with Crippen LogP contribution < -0.4 is 10.3 Å². The molecule has 0 atom stereocenters. The van der Waals surface area contributed by atoms with Crippen molar-refractivity contribution in [3.63, 3.8) is 0 Å². The van der Waals surface area contributed by atoms with Gasteiger partial charge in [-0.25, -0.2) is 4.98 Å². The fourth-order valence-electron chi connectivity index (χ4n) is 3.24. The van der Waals surface area contributed by atoms with E-state index in [1.54, 1.807) is 6.92 Å². The quantitative estimate of drug-likeness (QED) is 0.424. The average Bonchev–Trinajstić information content (AvgIpc) is 3.09. The summed E-state index contributed by atoms with van der Waals surface area (Å²) in [6, 6.07) is 6.52. The maximum Gasteiger partial charge on any atom is 0.311 e.